The highest BCUT2D eigenvalue weighted by Crippen LogP contribution is 2.20. The molecule has 7 heteroatoms. The number of thiazole rings is 1. The molecule has 0 spiro atoms. The van der Waals surface area contributed by atoms with Gasteiger partial charge in [-0.2, -0.15) is 0 Å². The molecule has 1 saturated heterocycles. The molecule has 1 aliphatic rings. The summed E-state index contributed by atoms with van der Waals surface area (Å²) in [5.41, 5.74) is 0.841. The molecular formula is C14H20N2O4S. The Morgan fingerprint density at radius 1 is 1.52 bits per heavy atom. The molecule has 116 valence electrons. The van der Waals surface area contributed by atoms with Crippen molar-refractivity contribution in [3.8, 4) is 0 Å². The molecule has 0 bridgehead atoms. The number of hydrogen-bond donors (Lipinski definition) is 0. The van der Waals surface area contributed by atoms with Gasteiger partial charge in [-0.1, -0.05) is 0 Å². The van der Waals surface area contributed by atoms with Gasteiger partial charge in [0.05, 0.1) is 25.3 Å². The molecule has 1 atom stereocenters. The summed E-state index contributed by atoms with van der Waals surface area (Å²) in [5.74, 6) is -0.586. The van der Waals surface area contributed by atoms with Crippen molar-refractivity contribution in [2.24, 2.45) is 5.92 Å². The first-order valence-electron chi connectivity index (χ1n) is 7.05. The third-order valence-electron chi connectivity index (χ3n) is 3.43. The van der Waals surface area contributed by atoms with Crippen LogP contribution >= 0.6 is 11.3 Å². The van der Waals surface area contributed by atoms with Crippen LogP contribution in [0.2, 0.25) is 0 Å². The second kappa shape index (κ2) is 7.51. The first kappa shape index (κ1) is 15.9. The number of likely N-dealkylation sites (tertiary alicyclic amines) is 1. The van der Waals surface area contributed by atoms with Crippen molar-refractivity contribution < 1.29 is 19.1 Å². The summed E-state index contributed by atoms with van der Waals surface area (Å²) in [5, 5.41) is 2.25. The van der Waals surface area contributed by atoms with Crippen molar-refractivity contribution >= 4 is 23.3 Å². The Balaban J connectivity index is 1.92. The van der Waals surface area contributed by atoms with Crippen LogP contribution in [0.3, 0.4) is 0 Å². The fraction of sp³-hybridized carbons (Fsp3) is 0.643. The number of methoxy groups -OCH3 is 1. The lowest BCUT2D eigenvalue weighted by Gasteiger charge is -2.30. The number of carbonyl (C=O) groups is 2. The van der Waals surface area contributed by atoms with E-state index in [0.717, 1.165) is 25.1 Å². The fourth-order valence-electron chi connectivity index (χ4n) is 2.45. The minimum absolute atomic E-state index is 0.0630. The second-order valence-corrected chi connectivity index (χ2v) is 5.82. The molecule has 0 aliphatic carbocycles. The summed E-state index contributed by atoms with van der Waals surface area (Å²) in [4.78, 5) is 29.7. The number of hydrogen-bond acceptors (Lipinski definition) is 7. The Hall–Kier alpha value is -1.47. The molecule has 21 heavy (non-hydrogen) atoms. The lowest BCUT2D eigenvalue weighted by Crippen LogP contribution is -2.38. The van der Waals surface area contributed by atoms with Crippen LogP contribution in [-0.4, -0.2) is 48.6 Å². The maximum atomic E-state index is 11.6. The van der Waals surface area contributed by atoms with Crippen LogP contribution in [0.5, 0.6) is 0 Å². The standard InChI is InChI=1S/C14H20N2O4S/c1-3-20-14(18)12-15-11(9-21-12)8-16-6-4-5-10(7-16)13(17)19-2/h9-10H,3-8H2,1-2H3/t10-/m0/s1. The van der Waals surface area contributed by atoms with Gasteiger partial charge in [-0.25, -0.2) is 9.78 Å². The minimum Gasteiger partial charge on any atom is -0.469 e. The number of nitrogens with zero attached hydrogens (tertiary/aromatic N) is 2. The smallest absolute Gasteiger partial charge is 0.367 e. The summed E-state index contributed by atoms with van der Waals surface area (Å²) in [6.45, 7) is 4.37. The van der Waals surface area contributed by atoms with Crippen LogP contribution in [0.1, 0.15) is 35.3 Å². The average Bonchev–Trinajstić information content (AvgIpc) is 2.95. The van der Waals surface area contributed by atoms with E-state index in [2.05, 4.69) is 9.88 Å². The second-order valence-electron chi connectivity index (χ2n) is 4.96. The number of carbonyl (C=O) groups excluding carboxylic acids is 2. The van der Waals surface area contributed by atoms with E-state index in [4.69, 9.17) is 9.47 Å². The van der Waals surface area contributed by atoms with Crippen LogP contribution in [0, 0.1) is 5.92 Å². The molecule has 2 rings (SSSR count). The predicted octanol–water partition coefficient (Wildman–Crippen LogP) is 1.70. The fourth-order valence-corrected chi connectivity index (χ4v) is 3.15. The molecule has 1 fully saturated rings. The minimum atomic E-state index is -0.375. The number of ether oxygens (including phenoxy) is 2. The lowest BCUT2D eigenvalue weighted by molar-refractivity contribution is -0.147. The van der Waals surface area contributed by atoms with Crippen molar-refractivity contribution in [3.05, 3.63) is 16.1 Å². The molecule has 6 nitrogen and oxygen atoms in total. The summed E-state index contributed by atoms with van der Waals surface area (Å²) >= 11 is 1.29. The molecule has 0 aromatic carbocycles. The summed E-state index contributed by atoms with van der Waals surface area (Å²) in [7, 11) is 1.42. The Labute approximate surface area is 128 Å². The van der Waals surface area contributed by atoms with Gasteiger partial charge in [0.25, 0.3) is 0 Å². The van der Waals surface area contributed by atoms with Gasteiger partial charge in [-0.3, -0.25) is 9.69 Å². The molecule has 0 amide bonds. The van der Waals surface area contributed by atoms with Gasteiger partial charge in [0.2, 0.25) is 5.01 Å². The van der Waals surface area contributed by atoms with E-state index in [0.29, 0.717) is 24.7 Å². The zero-order chi connectivity index (χ0) is 15.2. The molecule has 2 heterocycles. The molecule has 0 unspecified atom stereocenters. The van der Waals surface area contributed by atoms with E-state index in [9.17, 15) is 9.59 Å². The first-order chi connectivity index (χ1) is 10.1. The highest BCUT2D eigenvalue weighted by atomic mass is 32.1. The van der Waals surface area contributed by atoms with Crippen molar-refractivity contribution in [1.29, 1.82) is 0 Å². The van der Waals surface area contributed by atoms with Gasteiger partial charge in [0.1, 0.15) is 0 Å². The van der Waals surface area contributed by atoms with Crippen LogP contribution in [0.25, 0.3) is 0 Å². The largest absolute Gasteiger partial charge is 0.469 e. The van der Waals surface area contributed by atoms with E-state index in [1.807, 2.05) is 5.38 Å². The van der Waals surface area contributed by atoms with Crippen molar-refractivity contribution in [2.45, 2.75) is 26.3 Å². The third-order valence-corrected chi connectivity index (χ3v) is 4.30. The van der Waals surface area contributed by atoms with Crippen LogP contribution in [0.15, 0.2) is 5.38 Å². The summed E-state index contributed by atoms with van der Waals surface area (Å²) < 4.78 is 9.74. The summed E-state index contributed by atoms with van der Waals surface area (Å²) in [6.07, 6.45) is 1.84. The van der Waals surface area contributed by atoms with Gasteiger partial charge in [0.15, 0.2) is 0 Å². The Morgan fingerprint density at radius 3 is 3.05 bits per heavy atom. The highest BCUT2D eigenvalue weighted by molar-refractivity contribution is 7.11. The van der Waals surface area contributed by atoms with Crippen molar-refractivity contribution in [2.75, 3.05) is 26.8 Å². The lowest BCUT2D eigenvalue weighted by atomic mass is 9.98. The van der Waals surface area contributed by atoms with Gasteiger partial charge < -0.3 is 9.47 Å². The first-order valence-corrected chi connectivity index (χ1v) is 7.93. The van der Waals surface area contributed by atoms with E-state index in [1.165, 1.54) is 18.4 Å². The SMILES string of the molecule is CCOC(=O)c1nc(CN2CCC[C@H](C(=O)OC)C2)cs1. The zero-order valence-electron chi connectivity index (χ0n) is 12.3. The molecule has 1 aromatic rings. The molecular weight excluding hydrogens is 292 g/mol. The van der Waals surface area contributed by atoms with Gasteiger partial charge in [-0.05, 0) is 26.3 Å². The monoisotopic (exact) mass is 312 g/mol. The predicted molar refractivity (Wildman–Crippen MR) is 78.1 cm³/mol. The molecule has 0 saturated carbocycles. The Morgan fingerprint density at radius 2 is 2.33 bits per heavy atom. The number of rotatable bonds is 5. The van der Waals surface area contributed by atoms with E-state index in [1.54, 1.807) is 6.92 Å². The summed E-state index contributed by atoms with van der Waals surface area (Å²) in [6, 6.07) is 0. The van der Waals surface area contributed by atoms with Crippen LogP contribution in [-0.2, 0) is 20.8 Å². The highest BCUT2D eigenvalue weighted by Gasteiger charge is 2.26. The van der Waals surface area contributed by atoms with E-state index < -0.39 is 0 Å². The van der Waals surface area contributed by atoms with Crippen molar-refractivity contribution in [1.82, 2.24) is 9.88 Å². The topological polar surface area (TPSA) is 68.7 Å². The van der Waals surface area contributed by atoms with Crippen LogP contribution < -0.4 is 0 Å². The number of aromatic nitrogens is 1. The van der Waals surface area contributed by atoms with Gasteiger partial charge >= 0.3 is 11.9 Å². The third kappa shape index (κ3) is 4.25. The quantitative estimate of drug-likeness (QED) is 0.771. The maximum absolute atomic E-state index is 11.6. The van der Waals surface area contributed by atoms with E-state index >= 15 is 0 Å². The zero-order valence-corrected chi connectivity index (χ0v) is 13.1. The van der Waals surface area contributed by atoms with Crippen molar-refractivity contribution in [3.63, 3.8) is 0 Å². The molecule has 1 aromatic heterocycles. The molecule has 0 N–H and O–H groups in total. The average molecular weight is 312 g/mol. The van der Waals surface area contributed by atoms with Gasteiger partial charge in [-0.15, -0.1) is 11.3 Å². The van der Waals surface area contributed by atoms with Crippen LogP contribution in [0.4, 0.5) is 0 Å². The number of esters is 2. The molecule has 0 radical (unpaired) electrons. The Bertz CT molecular complexity index is 503. The number of piperidine rings is 1. The molecule has 1 aliphatic heterocycles. The normalized spacial score (nSPS) is 19.2. The van der Waals surface area contributed by atoms with Gasteiger partial charge in [0, 0.05) is 18.5 Å². The van der Waals surface area contributed by atoms with E-state index in [-0.39, 0.29) is 17.9 Å². The maximum Gasteiger partial charge on any atom is 0.367 e. The Kier molecular flexibility index (Phi) is 5.69.